The minimum Gasteiger partial charge on any atom is -0.295 e. The first kappa shape index (κ1) is 20.1. The van der Waals surface area contributed by atoms with E-state index in [9.17, 15) is 4.79 Å². The van der Waals surface area contributed by atoms with E-state index in [4.69, 9.17) is 16.6 Å². The van der Waals surface area contributed by atoms with E-state index in [1.54, 1.807) is 10.9 Å². The fourth-order valence-electron chi connectivity index (χ4n) is 3.68. The second kappa shape index (κ2) is 7.72. The number of aromatic nitrogens is 4. The number of nitrogens with zero attached hydrogens (tertiary/aromatic N) is 6. The molecule has 0 spiro atoms. The largest absolute Gasteiger partial charge is 0.295 e. The molecule has 5 rings (SSSR count). The number of hydrogen-bond donors (Lipinski definition) is 1. The van der Waals surface area contributed by atoms with Crippen molar-refractivity contribution in [3.63, 3.8) is 0 Å². The summed E-state index contributed by atoms with van der Waals surface area (Å²) in [5, 5.41) is 2.00. The van der Waals surface area contributed by atoms with Crippen LogP contribution in [0.1, 0.15) is 22.9 Å². The molecule has 3 heterocycles. The molecule has 1 aliphatic heterocycles. The molecule has 4 aromatic rings. The highest BCUT2D eigenvalue weighted by molar-refractivity contribution is 6.33. The highest BCUT2D eigenvalue weighted by Gasteiger charge is 2.41. The molecule has 0 bridgehead atoms. The van der Waals surface area contributed by atoms with Crippen LogP contribution in [0.3, 0.4) is 0 Å². The van der Waals surface area contributed by atoms with Crippen molar-refractivity contribution in [3.8, 4) is 0 Å². The number of benzene rings is 2. The Morgan fingerprint density at radius 3 is 2.50 bits per heavy atom. The summed E-state index contributed by atoms with van der Waals surface area (Å²) in [6.07, 6.45) is 3.07. The van der Waals surface area contributed by atoms with Crippen LogP contribution < -0.4 is 10.4 Å². The molecular formula is C23H20ClN7O. The number of amides is 1. The number of carbonyl (C=O) groups is 1. The molecule has 1 aliphatic rings. The third kappa shape index (κ3) is 3.38. The molecule has 1 N–H and O–H groups in total. The number of hydrogen-bond acceptors (Lipinski definition) is 5. The van der Waals surface area contributed by atoms with Crippen molar-refractivity contribution in [2.24, 2.45) is 4.99 Å². The van der Waals surface area contributed by atoms with Gasteiger partial charge in [-0.15, -0.1) is 0 Å². The number of nitrogens with one attached hydrogen (secondary N) is 1. The maximum Gasteiger partial charge on any atom is 0.276 e. The summed E-state index contributed by atoms with van der Waals surface area (Å²) < 4.78 is 1.72. The number of amidine groups is 1. The summed E-state index contributed by atoms with van der Waals surface area (Å²) in [7, 11) is 0. The summed E-state index contributed by atoms with van der Waals surface area (Å²) in [4.78, 5) is 31.3. The van der Waals surface area contributed by atoms with Gasteiger partial charge >= 0.3 is 0 Å². The average Bonchev–Trinajstić information content (AvgIpc) is 3.32. The monoisotopic (exact) mass is 445 g/mol. The molecule has 0 aliphatic carbocycles. The first-order chi connectivity index (χ1) is 15.4. The van der Waals surface area contributed by atoms with E-state index in [-0.39, 0.29) is 5.91 Å². The lowest BCUT2D eigenvalue weighted by molar-refractivity contribution is -0.119. The van der Waals surface area contributed by atoms with Gasteiger partial charge in [0.15, 0.2) is 17.5 Å². The van der Waals surface area contributed by atoms with Gasteiger partial charge in [0.25, 0.3) is 5.91 Å². The predicted molar refractivity (Wildman–Crippen MR) is 124 cm³/mol. The van der Waals surface area contributed by atoms with E-state index in [1.807, 2.05) is 63.2 Å². The number of aliphatic imine (C=N–C) groups is 1. The molecule has 8 nitrogen and oxygen atoms in total. The second-order valence-corrected chi connectivity index (χ2v) is 8.17. The Labute approximate surface area is 189 Å². The third-order valence-electron chi connectivity index (χ3n) is 5.40. The minimum absolute atomic E-state index is 0.202. The quantitative estimate of drug-likeness (QED) is 0.510. The van der Waals surface area contributed by atoms with Gasteiger partial charge < -0.3 is 0 Å². The lowest BCUT2D eigenvalue weighted by Gasteiger charge is -2.16. The van der Waals surface area contributed by atoms with Crippen molar-refractivity contribution in [1.82, 2.24) is 24.9 Å². The van der Waals surface area contributed by atoms with Gasteiger partial charge in [0.05, 0.1) is 28.4 Å². The number of anilines is 1. The van der Waals surface area contributed by atoms with E-state index >= 15 is 0 Å². The Kier molecular flexibility index (Phi) is 4.86. The average molecular weight is 446 g/mol. The maximum atomic E-state index is 13.6. The lowest BCUT2D eigenvalue weighted by Crippen LogP contribution is -2.35. The van der Waals surface area contributed by atoms with Crippen molar-refractivity contribution in [1.29, 1.82) is 0 Å². The summed E-state index contributed by atoms with van der Waals surface area (Å²) in [6.45, 7) is 5.81. The number of imidazole rings is 1. The van der Waals surface area contributed by atoms with Gasteiger partial charge in [-0.05, 0) is 50.6 Å². The third-order valence-corrected chi connectivity index (χ3v) is 5.70. The first-order valence-corrected chi connectivity index (χ1v) is 10.5. The van der Waals surface area contributed by atoms with Gasteiger partial charge in [0.1, 0.15) is 11.8 Å². The van der Waals surface area contributed by atoms with Gasteiger partial charge in [-0.2, -0.15) is 0 Å². The summed E-state index contributed by atoms with van der Waals surface area (Å²) in [6, 6.07) is 12.5. The molecule has 2 aromatic heterocycles. The Balaban J connectivity index is 1.66. The Bertz CT molecular complexity index is 1380. The molecule has 1 saturated heterocycles. The number of hydrazine groups is 1. The zero-order chi connectivity index (χ0) is 22.4. The Morgan fingerprint density at radius 2 is 1.75 bits per heavy atom. The van der Waals surface area contributed by atoms with Gasteiger partial charge in [0.2, 0.25) is 0 Å². The molecule has 0 saturated carbocycles. The van der Waals surface area contributed by atoms with Crippen LogP contribution in [0, 0.1) is 20.8 Å². The molecular weight excluding hydrogens is 426 g/mol. The van der Waals surface area contributed by atoms with Crippen LogP contribution in [-0.4, -0.2) is 31.3 Å². The highest BCUT2D eigenvalue weighted by Crippen LogP contribution is 2.31. The van der Waals surface area contributed by atoms with Crippen LogP contribution >= 0.6 is 11.6 Å². The van der Waals surface area contributed by atoms with Crippen LogP contribution in [-0.2, 0) is 4.79 Å². The molecule has 1 amide bonds. The molecule has 160 valence electrons. The van der Waals surface area contributed by atoms with Crippen molar-refractivity contribution in [2.45, 2.75) is 26.8 Å². The molecule has 32 heavy (non-hydrogen) atoms. The topological polar surface area (TPSA) is 88.3 Å². The number of fused-ring (bicyclic) bond motifs is 1. The van der Waals surface area contributed by atoms with Gasteiger partial charge in [-0.3, -0.25) is 14.8 Å². The van der Waals surface area contributed by atoms with Gasteiger partial charge in [-0.25, -0.2) is 25.0 Å². The minimum atomic E-state index is -0.784. The van der Waals surface area contributed by atoms with Gasteiger partial charge in [0, 0.05) is 0 Å². The summed E-state index contributed by atoms with van der Waals surface area (Å²) in [5.41, 5.74) is 8.52. The van der Waals surface area contributed by atoms with Crippen LogP contribution in [0.2, 0.25) is 5.02 Å². The summed E-state index contributed by atoms with van der Waals surface area (Å²) >= 11 is 6.43. The number of rotatable bonds is 3. The number of halogens is 1. The number of aryl methyl sites for hydroxylation is 3. The molecule has 9 heteroatoms. The zero-order valence-electron chi connectivity index (χ0n) is 17.7. The standard InChI is InChI=1S/C23H20ClN7O/c1-13-4-7-16(8-5-13)31-23(32)20(30-12-27-19-15(3)25-11-26-22(19)30)21(29-31)28-18-9-6-14(2)10-17(18)24/h4-12,20H,1-3H3,(H,28,29). The van der Waals surface area contributed by atoms with Crippen LogP contribution in [0.5, 0.6) is 0 Å². The van der Waals surface area contributed by atoms with Crippen molar-refractivity contribution >= 4 is 45.9 Å². The maximum absolute atomic E-state index is 13.6. The molecule has 1 atom stereocenters. The van der Waals surface area contributed by atoms with Crippen LogP contribution in [0.25, 0.3) is 11.2 Å². The fraction of sp³-hybridized carbons (Fsp3) is 0.174. The van der Waals surface area contributed by atoms with E-state index < -0.39 is 6.04 Å². The highest BCUT2D eigenvalue weighted by atomic mass is 35.5. The fourth-order valence-corrected chi connectivity index (χ4v) is 3.96. The molecule has 0 radical (unpaired) electrons. The van der Waals surface area contributed by atoms with E-state index in [0.717, 1.165) is 16.8 Å². The summed E-state index contributed by atoms with van der Waals surface area (Å²) in [5.74, 6) is 0.225. The SMILES string of the molecule is Cc1ccc(N2NC(=Nc3ccc(C)cc3Cl)C(n3cnc4c(C)ncnc43)C2=O)cc1. The molecule has 1 fully saturated rings. The van der Waals surface area contributed by atoms with E-state index in [0.29, 0.717) is 33.4 Å². The predicted octanol–water partition coefficient (Wildman–Crippen LogP) is 4.23. The van der Waals surface area contributed by atoms with Crippen LogP contribution in [0.4, 0.5) is 11.4 Å². The normalized spacial score (nSPS) is 17.4. The number of carbonyl (C=O) groups excluding carboxylic acids is 1. The molecule has 2 aromatic carbocycles. The first-order valence-electron chi connectivity index (χ1n) is 10.1. The lowest BCUT2D eigenvalue weighted by atomic mass is 10.2. The zero-order valence-corrected chi connectivity index (χ0v) is 18.5. The van der Waals surface area contributed by atoms with Crippen molar-refractivity contribution in [3.05, 3.63) is 77.0 Å². The van der Waals surface area contributed by atoms with Gasteiger partial charge in [-0.1, -0.05) is 35.4 Å². The van der Waals surface area contributed by atoms with Crippen molar-refractivity contribution in [2.75, 3.05) is 5.01 Å². The van der Waals surface area contributed by atoms with Crippen LogP contribution in [0.15, 0.2) is 60.1 Å². The smallest absolute Gasteiger partial charge is 0.276 e. The van der Waals surface area contributed by atoms with E-state index in [2.05, 4.69) is 20.4 Å². The van der Waals surface area contributed by atoms with Crippen molar-refractivity contribution < 1.29 is 4.79 Å². The Hall–Kier alpha value is -3.78. The van der Waals surface area contributed by atoms with E-state index in [1.165, 1.54) is 11.3 Å². The molecule has 1 unspecified atom stereocenters. The Morgan fingerprint density at radius 1 is 1.00 bits per heavy atom. The second-order valence-electron chi connectivity index (χ2n) is 7.76.